The number of carbonyl (C=O) groups is 1. The minimum Gasteiger partial charge on any atom is -0.342 e. The summed E-state index contributed by atoms with van der Waals surface area (Å²) in [6, 6.07) is 8.21. The lowest BCUT2D eigenvalue weighted by Crippen LogP contribution is -2.30. The molecule has 6 heteroatoms. The number of fused-ring (bicyclic) bond motifs is 1. The summed E-state index contributed by atoms with van der Waals surface area (Å²) in [6.45, 7) is 0.850. The number of likely N-dealkylation sites (tertiary alicyclic amines) is 1. The molecule has 3 heterocycles. The summed E-state index contributed by atoms with van der Waals surface area (Å²) < 4.78 is 1.80. The molecule has 0 saturated carbocycles. The van der Waals surface area contributed by atoms with Gasteiger partial charge in [0.15, 0.2) is 0 Å². The number of amides is 1. The Morgan fingerprint density at radius 1 is 1.36 bits per heavy atom. The number of benzene rings is 1. The zero-order valence-corrected chi connectivity index (χ0v) is 14.5. The molecule has 6 nitrogen and oxygen atoms in total. The molecule has 3 aromatic rings. The van der Waals surface area contributed by atoms with Crippen LogP contribution in [0.25, 0.3) is 11.0 Å². The highest BCUT2D eigenvalue weighted by Gasteiger charge is 2.30. The van der Waals surface area contributed by atoms with Crippen LogP contribution in [0.1, 0.15) is 43.1 Å². The number of nitrogens with zero attached hydrogens (tertiary/aromatic N) is 4. The molecule has 1 aromatic carbocycles. The highest BCUT2D eigenvalue weighted by molar-refractivity contribution is 5.77. The number of hydrogen-bond acceptors (Lipinski definition) is 3. The molecule has 0 unspecified atom stereocenters. The van der Waals surface area contributed by atoms with E-state index in [9.17, 15) is 4.79 Å². The average Bonchev–Trinajstić information content (AvgIpc) is 3.32. The van der Waals surface area contributed by atoms with Crippen molar-refractivity contribution < 1.29 is 4.79 Å². The van der Waals surface area contributed by atoms with Gasteiger partial charge in [-0.25, -0.2) is 4.98 Å². The number of para-hydroxylation sites is 2. The molecule has 0 spiro atoms. The fraction of sp³-hybridized carbons (Fsp3) is 0.421. The lowest BCUT2D eigenvalue weighted by atomic mass is 10.1. The quantitative estimate of drug-likeness (QED) is 0.778. The lowest BCUT2D eigenvalue weighted by molar-refractivity contribution is -0.132. The van der Waals surface area contributed by atoms with Crippen LogP contribution in [0.4, 0.5) is 0 Å². The molecule has 1 N–H and O–H groups in total. The first-order valence-corrected chi connectivity index (χ1v) is 8.92. The Bertz CT molecular complexity index is 848. The van der Waals surface area contributed by atoms with Gasteiger partial charge in [-0.05, 0) is 31.4 Å². The maximum absolute atomic E-state index is 12.7. The van der Waals surface area contributed by atoms with Gasteiger partial charge >= 0.3 is 0 Å². The van der Waals surface area contributed by atoms with Gasteiger partial charge in [0.1, 0.15) is 5.82 Å². The SMILES string of the molecule is Cn1cc([C@H]2CCCN2C(=O)CCCc2nc3ccccc3[nH]2)cn1. The third-order valence-electron chi connectivity index (χ3n) is 4.93. The van der Waals surface area contributed by atoms with Gasteiger partial charge in [0.05, 0.1) is 23.3 Å². The Labute approximate surface area is 146 Å². The monoisotopic (exact) mass is 337 g/mol. The van der Waals surface area contributed by atoms with E-state index in [-0.39, 0.29) is 11.9 Å². The molecule has 130 valence electrons. The van der Waals surface area contributed by atoms with Gasteiger partial charge < -0.3 is 9.88 Å². The molecule has 1 fully saturated rings. The largest absolute Gasteiger partial charge is 0.342 e. The van der Waals surface area contributed by atoms with E-state index in [1.54, 1.807) is 4.68 Å². The van der Waals surface area contributed by atoms with Crippen molar-refractivity contribution in [3.63, 3.8) is 0 Å². The summed E-state index contributed by atoms with van der Waals surface area (Å²) in [5, 5.41) is 4.24. The van der Waals surface area contributed by atoms with E-state index in [1.807, 2.05) is 48.6 Å². The van der Waals surface area contributed by atoms with Crippen LogP contribution >= 0.6 is 0 Å². The van der Waals surface area contributed by atoms with E-state index >= 15 is 0 Å². The van der Waals surface area contributed by atoms with E-state index in [0.29, 0.717) is 6.42 Å². The number of H-pyrrole nitrogens is 1. The van der Waals surface area contributed by atoms with Crippen LogP contribution in [0.3, 0.4) is 0 Å². The van der Waals surface area contributed by atoms with Gasteiger partial charge in [0.2, 0.25) is 5.91 Å². The first-order chi connectivity index (χ1) is 12.2. The predicted octanol–water partition coefficient (Wildman–Crippen LogP) is 2.98. The van der Waals surface area contributed by atoms with Crippen molar-refractivity contribution in [1.29, 1.82) is 0 Å². The summed E-state index contributed by atoms with van der Waals surface area (Å²) in [4.78, 5) is 22.6. The van der Waals surface area contributed by atoms with Crippen molar-refractivity contribution in [2.24, 2.45) is 7.05 Å². The van der Waals surface area contributed by atoms with Crippen molar-refractivity contribution in [3.05, 3.63) is 48.0 Å². The summed E-state index contributed by atoms with van der Waals surface area (Å²) >= 11 is 0. The first kappa shape index (κ1) is 15.9. The normalized spacial score (nSPS) is 17.5. The fourth-order valence-electron chi connectivity index (χ4n) is 3.70. The highest BCUT2D eigenvalue weighted by Crippen LogP contribution is 2.32. The van der Waals surface area contributed by atoms with Crippen molar-refractivity contribution >= 4 is 16.9 Å². The maximum atomic E-state index is 12.7. The van der Waals surface area contributed by atoms with Crippen LogP contribution in [-0.4, -0.2) is 37.1 Å². The molecule has 1 saturated heterocycles. The maximum Gasteiger partial charge on any atom is 0.223 e. The molecule has 2 aromatic heterocycles. The molecule has 25 heavy (non-hydrogen) atoms. The molecular formula is C19H23N5O. The second-order valence-corrected chi connectivity index (χ2v) is 6.75. The third-order valence-corrected chi connectivity index (χ3v) is 4.93. The van der Waals surface area contributed by atoms with Gasteiger partial charge in [-0.3, -0.25) is 9.48 Å². The Morgan fingerprint density at radius 2 is 2.24 bits per heavy atom. The topological polar surface area (TPSA) is 66.8 Å². The average molecular weight is 337 g/mol. The summed E-state index contributed by atoms with van der Waals surface area (Å²) in [5.41, 5.74) is 3.19. The molecule has 1 aliphatic heterocycles. The standard InChI is InChI=1S/C19H23N5O/c1-23-13-14(12-20-23)17-8-5-11-24(17)19(25)10-4-9-18-21-15-6-2-3-7-16(15)22-18/h2-3,6-7,12-13,17H,4-5,8-11H2,1H3,(H,21,22)/t17-/m1/s1. The summed E-state index contributed by atoms with van der Waals surface area (Å²) in [7, 11) is 1.91. The van der Waals surface area contributed by atoms with Crippen molar-refractivity contribution in [2.75, 3.05) is 6.54 Å². The number of aryl methyl sites for hydroxylation is 2. The van der Waals surface area contributed by atoms with E-state index in [1.165, 1.54) is 0 Å². The van der Waals surface area contributed by atoms with E-state index < -0.39 is 0 Å². The van der Waals surface area contributed by atoms with Gasteiger partial charge in [-0.15, -0.1) is 0 Å². The second-order valence-electron chi connectivity index (χ2n) is 6.75. The molecular weight excluding hydrogens is 314 g/mol. The molecule has 1 amide bonds. The number of rotatable bonds is 5. The van der Waals surface area contributed by atoms with Crippen LogP contribution in [0.5, 0.6) is 0 Å². The fourth-order valence-corrected chi connectivity index (χ4v) is 3.70. The minimum absolute atomic E-state index is 0.187. The number of aromatic amines is 1. The van der Waals surface area contributed by atoms with Gasteiger partial charge in [-0.1, -0.05) is 12.1 Å². The Balaban J connectivity index is 1.35. The zero-order valence-electron chi connectivity index (χ0n) is 14.5. The molecule has 1 atom stereocenters. The van der Waals surface area contributed by atoms with E-state index in [2.05, 4.69) is 15.1 Å². The van der Waals surface area contributed by atoms with Gasteiger partial charge in [0.25, 0.3) is 0 Å². The molecule has 0 radical (unpaired) electrons. The van der Waals surface area contributed by atoms with Gasteiger partial charge in [-0.2, -0.15) is 5.10 Å². The predicted molar refractivity (Wildman–Crippen MR) is 95.9 cm³/mol. The lowest BCUT2D eigenvalue weighted by Gasteiger charge is -2.24. The second kappa shape index (κ2) is 6.70. The zero-order chi connectivity index (χ0) is 17.2. The minimum atomic E-state index is 0.187. The van der Waals surface area contributed by atoms with E-state index in [4.69, 9.17) is 0 Å². The first-order valence-electron chi connectivity index (χ1n) is 8.92. The summed E-state index contributed by atoms with van der Waals surface area (Å²) in [5.74, 6) is 1.20. The van der Waals surface area contributed by atoms with Crippen LogP contribution in [0, 0.1) is 0 Å². The highest BCUT2D eigenvalue weighted by atomic mass is 16.2. The number of hydrogen-bond donors (Lipinski definition) is 1. The number of aromatic nitrogens is 4. The van der Waals surface area contributed by atoms with Crippen LogP contribution in [0.2, 0.25) is 0 Å². The molecule has 0 bridgehead atoms. The Morgan fingerprint density at radius 3 is 3.04 bits per heavy atom. The number of carbonyl (C=O) groups excluding carboxylic acids is 1. The Kier molecular flexibility index (Phi) is 4.26. The molecule has 0 aliphatic carbocycles. The third kappa shape index (κ3) is 3.29. The van der Waals surface area contributed by atoms with Crippen LogP contribution in [0.15, 0.2) is 36.7 Å². The van der Waals surface area contributed by atoms with Crippen molar-refractivity contribution in [1.82, 2.24) is 24.6 Å². The number of nitrogens with one attached hydrogen (secondary N) is 1. The van der Waals surface area contributed by atoms with Crippen molar-refractivity contribution in [3.8, 4) is 0 Å². The van der Waals surface area contributed by atoms with E-state index in [0.717, 1.165) is 54.6 Å². The summed E-state index contributed by atoms with van der Waals surface area (Å²) in [6.07, 6.45) is 8.17. The van der Waals surface area contributed by atoms with Crippen LogP contribution < -0.4 is 0 Å². The number of imidazole rings is 1. The van der Waals surface area contributed by atoms with Crippen molar-refractivity contribution in [2.45, 2.75) is 38.1 Å². The molecule has 4 rings (SSSR count). The van der Waals surface area contributed by atoms with Crippen LogP contribution in [-0.2, 0) is 18.3 Å². The molecule has 1 aliphatic rings. The van der Waals surface area contributed by atoms with Gasteiger partial charge in [0, 0.05) is 38.2 Å². The smallest absolute Gasteiger partial charge is 0.223 e. The Hall–Kier alpha value is -2.63.